The van der Waals surface area contributed by atoms with Crippen molar-refractivity contribution >= 4 is 11.5 Å². The summed E-state index contributed by atoms with van der Waals surface area (Å²) < 4.78 is 13.0. The van der Waals surface area contributed by atoms with Crippen molar-refractivity contribution in [2.75, 3.05) is 5.73 Å². The summed E-state index contributed by atoms with van der Waals surface area (Å²) >= 11 is 0. The average molecular weight is 248 g/mol. The lowest BCUT2D eigenvalue weighted by molar-refractivity contribution is -0.383. The van der Waals surface area contributed by atoms with Gasteiger partial charge in [-0.3, -0.25) is 10.1 Å². The number of halogens is 1. The van der Waals surface area contributed by atoms with Crippen LogP contribution in [0.2, 0.25) is 0 Å². The van der Waals surface area contributed by atoms with E-state index in [1.807, 2.05) is 0 Å². The number of aromatic nitrogens is 2. The van der Waals surface area contributed by atoms with Crippen LogP contribution in [0.1, 0.15) is 5.56 Å². The second-order valence-corrected chi connectivity index (χ2v) is 3.67. The maximum Gasteiger partial charge on any atom is 0.337 e. The van der Waals surface area contributed by atoms with Gasteiger partial charge in [0.25, 0.3) is 0 Å². The van der Waals surface area contributed by atoms with Crippen molar-refractivity contribution < 1.29 is 9.31 Å². The molecule has 0 radical (unpaired) electrons. The molecule has 1 aromatic heterocycles. The van der Waals surface area contributed by atoms with Gasteiger partial charge in [0.2, 0.25) is 5.82 Å². The Morgan fingerprint density at radius 1 is 1.39 bits per heavy atom. The smallest absolute Gasteiger partial charge is 0.337 e. The van der Waals surface area contributed by atoms with Gasteiger partial charge < -0.3 is 5.73 Å². The summed E-state index contributed by atoms with van der Waals surface area (Å²) in [5.41, 5.74) is 6.19. The van der Waals surface area contributed by atoms with Crippen LogP contribution in [0.4, 0.5) is 15.9 Å². The molecule has 0 aliphatic heterocycles. The van der Waals surface area contributed by atoms with Crippen molar-refractivity contribution in [3.8, 4) is 11.3 Å². The van der Waals surface area contributed by atoms with E-state index in [1.165, 1.54) is 18.2 Å². The molecule has 1 aromatic carbocycles. The van der Waals surface area contributed by atoms with Gasteiger partial charge in [-0.2, -0.15) is 0 Å². The third-order valence-electron chi connectivity index (χ3n) is 2.48. The first-order valence-corrected chi connectivity index (χ1v) is 5.02. The molecule has 0 saturated heterocycles. The Morgan fingerprint density at radius 2 is 2.11 bits per heavy atom. The van der Waals surface area contributed by atoms with Crippen LogP contribution < -0.4 is 5.73 Å². The van der Waals surface area contributed by atoms with Crippen molar-refractivity contribution in [1.82, 2.24) is 9.97 Å². The van der Waals surface area contributed by atoms with Gasteiger partial charge in [0.15, 0.2) is 5.69 Å². The van der Waals surface area contributed by atoms with E-state index in [1.54, 1.807) is 6.92 Å². The van der Waals surface area contributed by atoms with Crippen LogP contribution in [-0.2, 0) is 0 Å². The number of rotatable bonds is 2. The second kappa shape index (κ2) is 4.36. The maximum atomic E-state index is 13.0. The molecular formula is C11H9FN4O2. The van der Waals surface area contributed by atoms with E-state index in [-0.39, 0.29) is 17.2 Å². The first kappa shape index (κ1) is 11.9. The average Bonchev–Trinajstić information content (AvgIpc) is 2.28. The maximum absolute atomic E-state index is 13.0. The molecule has 0 saturated carbocycles. The van der Waals surface area contributed by atoms with Crippen LogP contribution in [-0.4, -0.2) is 14.9 Å². The standard InChI is InChI=1S/C11H9FN4O2/c1-6-4-7(12)2-3-8(6)9-10(16(17)18)11(13)15-5-14-9/h2-5H,1H3,(H2,13,14,15). The lowest BCUT2D eigenvalue weighted by Gasteiger charge is -2.06. The zero-order valence-corrected chi connectivity index (χ0v) is 9.42. The molecule has 18 heavy (non-hydrogen) atoms. The predicted octanol–water partition coefficient (Wildman–Crippen LogP) is 2.08. The van der Waals surface area contributed by atoms with E-state index >= 15 is 0 Å². The van der Waals surface area contributed by atoms with E-state index in [9.17, 15) is 14.5 Å². The van der Waals surface area contributed by atoms with Crippen LogP contribution >= 0.6 is 0 Å². The largest absolute Gasteiger partial charge is 0.378 e. The molecule has 2 rings (SSSR count). The van der Waals surface area contributed by atoms with Gasteiger partial charge in [-0.15, -0.1) is 0 Å². The molecule has 7 heteroatoms. The van der Waals surface area contributed by atoms with E-state index in [2.05, 4.69) is 9.97 Å². The molecule has 0 aliphatic rings. The molecule has 0 aliphatic carbocycles. The summed E-state index contributed by atoms with van der Waals surface area (Å²) in [4.78, 5) is 17.8. The lowest BCUT2D eigenvalue weighted by Crippen LogP contribution is -2.03. The van der Waals surface area contributed by atoms with Crippen molar-refractivity contribution in [2.24, 2.45) is 0 Å². The number of hydrogen-bond donors (Lipinski definition) is 1. The van der Waals surface area contributed by atoms with E-state index in [0.29, 0.717) is 11.1 Å². The Morgan fingerprint density at radius 3 is 2.72 bits per heavy atom. The predicted molar refractivity (Wildman–Crippen MR) is 63.2 cm³/mol. The molecule has 0 unspecified atom stereocenters. The highest BCUT2D eigenvalue weighted by Crippen LogP contribution is 2.32. The lowest BCUT2D eigenvalue weighted by atomic mass is 10.0. The van der Waals surface area contributed by atoms with Crippen molar-refractivity contribution in [3.63, 3.8) is 0 Å². The summed E-state index contributed by atoms with van der Waals surface area (Å²) in [7, 11) is 0. The molecule has 0 atom stereocenters. The molecule has 0 bridgehead atoms. The second-order valence-electron chi connectivity index (χ2n) is 3.67. The number of anilines is 1. The number of aryl methyl sites for hydroxylation is 1. The summed E-state index contributed by atoms with van der Waals surface area (Å²) in [5, 5.41) is 11.0. The summed E-state index contributed by atoms with van der Waals surface area (Å²) in [6.45, 7) is 1.64. The van der Waals surface area contributed by atoms with E-state index < -0.39 is 10.7 Å². The Bertz CT molecular complexity index is 630. The number of nitrogen functional groups attached to an aromatic ring is 1. The highest BCUT2D eigenvalue weighted by molar-refractivity contribution is 5.77. The minimum Gasteiger partial charge on any atom is -0.378 e. The molecule has 6 nitrogen and oxygen atoms in total. The highest BCUT2D eigenvalue weighted by Gasteiger charge is 2.23. The fraction of sp³-hybridized carbons (Fsp3) is 0.0909. The van der Waals surface area contributed by atoms with Gasteiger partial charge in [0.05, 0.1) is 4.92 Å². The monoisotopic (exact) mass is 248 g/mol. The van der Waals surface area contributed by atoms with Gasteiger partial charge in [-0.1, -0.05) is 0 Å². The minimum atomic E-state index is -0.645. The molecule has 2 aromatic rings. The van der Waals surface area contributed by atoms with Crippen molar-refractivity contribution in [3.05, 3.63) is 46.0 Å². The topological polar surface area (TPSA) is 94.9 Å². The molecule has 1 heterocycles. The molecule has 2 N–H and O–H groups in total. The minimum absolute atomic E-state index is 0.0880. The molecule has 92 valence electrons. The van der Waals surface area contributed by atoms with Crippen LogP contribution in [0.5, 0.6) is 0 Å². The van der Waals surface area contributed by atoms with Gasteiger partial charge in [-0.05, 0) is 30.7 Å². The zero-order valence-electron chi connectivity index (χ0n) is 9.42. The third-order valence-corrected chi connectivity index (χ3v) is 2.48. The summed E-state index contributed by atoms with van der Waals surface area (Å²) in [5.74, 6) is -0.630. The molecule has 0 fully saturated rings. The first-order valence-electron chi connectivity index (χ1n) is 5.02. The molecular weight excluding hydrogens is 239 g/mol. The Labute approximate surface area is 101 Å². The molecule has 0 amide bonds. The number of hydrogen-bond acceptors (Lipinski definition) is 5. The van der Waals surface area contributed by atoms with Crippen molar-refractivity contribution in [2.45, 2.75) is 6.92 Å². The van der Waals surface area contributed by atoms with Crippen LogP contribution in [0, 0.1) is 22.9 Å². The zero-order chi connectivity index (χ0) is 13.3. The Balaban J connectivity index is 2.71. The number of nitro groups is 1. The summed E-state index contributed by atoms with van der Waals surface area (Å²) in [6.07, 6.45) is 1.14. The first-order chi connectivity index (χ1) is 8.50. The normalized spacial score (nSPS) is 10.3. The van der Waals surface area contributed by atoms with Gasteiger partial charge in [0, 0.05) is 5.56 Å². The van der Waals surface area contributed by atoms with Gasteiger partial charge in [-0.25, -0.2) is 14.4 Å². The number of nitrogens with two attached hydrogens (primary N) is 1. The number of nitrogens with zero attached hydrogens (tertiary/aromatic N) is 3. The molecule has 0 spiro atoms. The third kappa shape index (κ3) is 1.97. The van der Waals surface area contributed by atoms with E-state index in [4.69, 9.17) is 5.73 Å². The highest BCUT2D eigenvalue weighted by atomic mass is 19.1. The van der Waals surface area contributed by atoms with Crippen LogP contribution in [0.25, 0.3) is 11.3 Å². The number of benzene rings is 1. The Kier molecular flexibility index (Phi) is 2.88. The Hall–Kier alpha value is -2.57. The summed E-state index contributed by atoms with van der Waals surface area (Å²) in [6, 6.07) is 3.92. The van der Waals surface area contributed by atoms with Crippen LogP contribution in [0.3, 0.4) is 0 Å². The van der Waals surface area contributed by atoms with Crippen molar-refractivity contribution in [1.29, 1.82) is 0 Å². The SMILES string of the molecule is Cc1cc(F)ccc1-c1ncnc(N)c1[N+](=O)[O-]. The fourth-order valence-electron chi connectivity index (χ4n) is 1.66. The quantitative estimate of drug-likeness (QED) is 0.648. The van der Waals surface area contributed by atoms with E-state index in [0.717, 1.165) is 6.33 Å². The van der Waals surface area contributed by atoms with Crippen LogP contribution in [0.15, 0.2) is 24.5 Å². The fourth-order valence-corrected chi connectivity index (χ4v) is 1.66. The van der Waals surface area contributed by atoms with Gasteiger partial charge >= 0.3 is 5.69 Å². The van der Waals surface area contributed by atoms with Gasteiger partial charge in [0.1, 0.15) is 12.1 Å².